The van der Waals surface area contributed by atoms with Crippen LogP contribution in [0, 0.1) is 0 Å². The average Bonchev–Trinajstić information content (AvgIpc) is 2.83. The minimum absolute atomic E-state index is 0.0883. The van der Waals surface area contributed by atoms with E-state index in [1.165, 1.54) is 38.5 Å². The Labute approximate surface area is 182 Å². The number of hydrogen-bond donors (Lipinski definition) is 1. The topological polar surface area (TPSA) is 64.1 Å². The number of hydrogen-bond acceptors (Lipinski definition) is 3. The first-order valence-corrected chi connectivity index (χ1v) is 11.4. The van der Waals surface area contributed by atoms with E-state index in [9.17, 15) is 4.79 Å². The van der Waals surface area contributed by atoms with Crippen molar-refractivity contribution in [2.45, 2.75) is 38.5 Å². The number of aliphatic imine (C=N–C) groups is 2. The predicted molar refractivity (Wildman–Crippen MR) is 129 cm³/mol. The van der Waals surface area contributed by atoms with Gasteiger partial charge in [0.25, 0.3) is 5.56 Å². The summed E-state index contributed by atoms with van der Waals surface area (Å²) in [5, 5.41) is 2.64. The highest BCUT2D eigenvalue weighted by Crippen LogP contribution is 2.27. The van der Waals surface area contributed by atoms with Gasteiger partial charge in [-0.2, -0.15) is 0 Å². The molecule has 2 aliphatic rings. The lowest BCUT2D eigenvalue weighted by Crippen LogP contribution is -2.27. The van der Waals surface area contributed by atoms with Gasteiger partial charge in [-0.15, -0.1) is 0 Å². The standard InChI is InChI=1S/C25H29N5O/c31-25-23-15-19(26-17-29-11-3-1-4-12-29)7-9-21(23)22-10-8-20(16-24(22)28-25)27-18-30-13-5-2-6-14-30/h7-10,15-18H,1-6,11-14H2,(H,28,31). The quantitative estimate of drug-likeness (QED) is 0.372. The van der Waals surface area contributed by atoms with Crippen LogP contribution in [0.4, 0.5) is 11.4 Å². The Kier molecular flexibility index (Phi) is 5.69. The third-order valence-corrected chi connectivity index (χ3v) is 6.31. The number of rotatable bonds is 4. The molecule has 5 rings (SSSR count). The fraction of sp³-hybridized carbons (Fsp3) is 0.400. The van der Waals surface area contributed by atoms with Gasteiger partial charge in [-0.25, -0.2) is 9.98 Å². The summed E-state index contributed by atoms with van der Waals surface area (Å²) in [6, 6.07) is 11.9. The van der Waals surface area contributed by atoms with Gasteiger partial charge in [0.05, 0.1) is 29.6 Å². The van der Waals surface area contributed by atoms with Gasteiger partial charge in [-0.1, -0.05) is 12.1 Å². The van der Waals surface area contributed by atoms with Gasteiger partial charge in [0.1, 0.15) is 0 Å². The lowest BCUT2D eigenvalue weighted by molar-refractivity contribution is 0.351. The maximum Gasteiger partial charge on any atom is 0.256 e. The molecule has 6 nitrogen and oxygen atoms in total. The molecule has 0 radical (unpaired) electrons. The molecule has 1 N–H and O–H groups in total. The third-order valence-electron chi connectivity index (χ3n) is 6.31. The number of nitrogens with one attached hydrogen (secondary N) is 1. The minimum atomic E-state index is -0.0883. The van der Waals surface area contributed by atoms with Crippen molar-refractivity contribution in [1.82, 2.24) is 14.8 Å². The molecular formula is C25H29N5O. The third kappa shape index (κ3) is 4.48. The molecule has 0 saturated carbocycles. The van der Waals surface area contributed by atoms with Crippen LogP contribution < -0.4 is 5.56 Å². The van der Waals surface area contributed by atoms with Crippen molar-refractivity contribution in [3.63, 3.8) is 0 Å². The van der Waals surface area contributed by atoms with Gasteiger partial charge in [0, 0.05) is 37.0 Å². The first kappa shape index (κ1) is 19.8. The van der Waals surface area contributed by atoms with Crippen molar-refractivity contribution in [3.05, 3.63) is 46.8 Å². The Balaban J connectivity index is 1.43. The van der Waals surface area contributed by atoms with E-state index in [0.717, 1.165) is 53.8 Å². The molecule has 0 amide bonds. The van der Waals surface area contributed by atoms with Crippen molar-refractivity contribution in [2.24, 2.45) is 9.98 Å². The highest BCUT2D eigenvalue weighted by atomic mass is 16.1. The molecule has 31 heavy (non-hydrogen) atoms. The Hall–Kier alpha value is -3.15. The smallest absolute Gasteiger partial charge is 0.256 e. The molecule has 3 aromatic rings. The molecule has 2 saturated heterocycles. The summed E-state index contributed by atoms with van der Waals surface area (Å²) in [5.74, 6) is 0. The van der Waals surface area contributed by atoms with E-state index in [0.29, 0.717) is 5.39 Å². The summed E-state index contributed by atoms with van der Waals surface area (Å²) >= 11 is 0. The van der Waals surface area contributed by atoms with E-state index in [-0.39, 0.29) is 5.56 Å². The predicted octanol–water partition coefficient (Wildman–Crippen LogP) is 4.97. The number of likely N-dealkylation sites (tertiary alicyclic amines) is 2. The minimum Gasteiger partial charge on any atom is -0.363 e. The molecule has 0 spiro atoms. The van der Waals surface area contributed by atoms with E-state index in [1.54, 1.807) is 0 Å². The Morgan fingerprint density at radius 2 is 1.23 bits per heavy atom. The van der Waals surface area contributed by atoms with Crippen LogP contribution in [0.1, 0.15) is 38.5 Å². The number of pyridine rings is 1. The molecule has 2 aliphatic heterocycles. The SMILES string of the molecule is O=c1[nH]c2cc(N=CN3CCCCC3)ccc2c2ccc(N=CN3CCCCC3)cc12. The summed E-state index contributed by atoms with van der Waals surface area (Å²) in [6.45, 7) is 4.26. The van der Waals surface area contributed by atoms with Crippen LogP contribution in [0.5, 0.6) is 0 Å². The van der Waals surface area contributed by atoms with Crippen molar-refractivity contribution < 1.29 is 0 Å². The zero-order valence-corrected chi connectivity index (χ0v) is 17.9. The van der Waals surface area contributed by atoms with Gasteiger partial charge < -0.3 is 14.8 Å². The van der Waals surface area contributed by atoms with Gasteiger partial charge >= 0.3 is 0 Å². The molecule has 3 heterocycles. The van der Waals surface area contributed by atoms with E-state index in [2.05, 4.69) is 24.8 Å². The number of benzene rings is 2. The monoisotopic (exact) mass is 415 g/mol. The second-order valence-corrected chi connectivity index (χ2v) is 8.60. The molecule has 2 fully saturated rings. The van der Waals surface area contributed by atoms with Gasteiger partial charge in [-0.3, -0.25) is 4.79 Å². The maximum atomic E-state index is 12.8. The molecule has 160 valence electrons. The summed E-state index contributed by atoms with van der Waals surface area (Å²) in [5.41, 5.74) is 2.39. The maximum absolute atomic E-state index is 12.8. The molecule has 0 unspecified atom stereocenters. The molecular weight excluding hydrogens is 386 g/mol. The van der Waals surface area contributed by atoms with Crippen molar-refractivity contribution >= 4 is 45.7 Å². The summed E-state index contributed by atoms with van der Waals surface area (Å²) < 4.78 is 0. The number of piperidine rings is 2. The highest BCUT2D eigenvalue weighted by Gasteiger charge is 2.09. The van der Waals surface area contributed by atoms with Crippen molar-refractivity contribution in [1.29, 1.82) is 0 Å². The normalized spacial score (nSPS) is 18.1. The van der Waals surface area contributed by atoms with Gasteiger partial charge in [-0.05, 0) is 68.2 Å². The summed E-state index contributed by atoms with van der Waals surface area (Å²) in [7, 11) is 0. The number of fused-ring (bicyclic) bond motifs is 3. The zero-order valence-electron chi connectivity index (χ0n) is 17.9. The van der Waals surface area contributed by atoms with Crippen LogP contribution in [0.3, 0.4) is 0 Å². The number of H-pyrrole nitrogens is 1. The second-order valence-electron chi connectivity index (χ2n) is 8.60. The van der Waals surface area contributed by atoms with Crippen LogP contribution >= 0.6 is 0 Å². The second kappa shape index (κ2) is 8.92. The Morgan fingerprint density at radius 1 is 0.677 bits per heavy atom. The highest BCUT2D eigenvalue weighted by molar-refractivity contribution is 6.06. The Morgan fingerprint density at radius 3 is 1.84 bits per heavy atom. The van der Waals surface area contributed by atoms with Crippen molar-refractivity contribution in [3.8, 4) is 0 Å². The van der Waals surface area contributed by atoms with Crippen LogP contribution in [0.15, 0.2) is 51.2 Å². The molecule has 0 atom stereocenters. The van der Waals surface area contributed by atoms with Gasteiger partial charge in [0.2, 0.25) is 0 Å². The average molecular weight is 416 g/mol. The van der Waals surface area contributed by atoms with E-state index >= 15 is 0 Å². The fourth-order valence-electron chi connectivity index (χ4n) is 4.54. The lowest BCUT2D eigenvalue weighted by atomic mass is 10.1. The molecule has 0 aliphatic carbocycles. The van der Waals surface area contributed by atoms with Gasteiger partial charge in [0.15, 0.2) is 0 Å². The van der Waals surface area contributed by atoms with Crippen LogP contribution in [0.2, 0.25) is 0 Å². The first-order valence-electron chi connectivity index (χ1n) is 11.4. The van der Waals surface area contributed by atoms with E-state index in [4.69, 9.17) is 0 Å². The van der Waals surface area contributed by atoms with Crippen LogP contribution in [-0.4, -0.2) is 53.6 Å². The fourth-order valence-corrected chi connectivity index (χ4v) is 4.54. The zero-order chi connectivity index (χ0) is 21.0. The molecule has 2 aromatic carbocycles. The lowest BCUT2D eigenvalue weighted by Gasteiger charge is -2.23. The number of nitrogens with zero attached hydrogens (tertiary/aromatic N) is 4. The molecule has 6 heteroatoms. The van der Waals surface area contributed by atoms with Crippen LogP contribution in [0.25, 0.3) is 21.7 Å². The number of aromatic amines is 1. The Bertz CT molecular complexity index is 1180. The summed E-state index contributed by atoms with van der Waals surface area (Å²) in [6.07, 6.45) is 11.4. The largest absolute Gasteiger partial charge is 0.363 e. The van der Waals surface area contributed by atoms with Crippen molar-refractivity contribution in [2.75, 3.05) is 26.2 Å². The molecule has 1 aromatic heterocycles. The number of aromatic nitrogens is 1. The molecule has 0 bridgehead atoms. The van der Waals surface area contributed by atoms with E-state index in [1.807, 2.05) is 49.1 Å². The first-order chi connectivity index (χ1) is 15.3. The summed E-state index contributed by atoms with van der Waals surface area (Å²) in [4.78, 5) is 29.6. The van der Waals surface area contributed by atoms with E-state index < -0.39 is 0 Å². The van der Waals surface area contributed by atoms with Crippen LogP contribution in [-0.2, 0) is 0 Å².